The molecule has 0 aromatic rings. The maximum atomic E-state index is 12.0. The molecule has 7 nitrogen and oxygen atoms in total. The first-order valence-electron chi connectivity index (χ1n) is 6.70. The lowest BCUT2D eigenvalue weighted by Gasteiger charge is -2.29. The van der Waals surface area contributed by atoms with Crippen molar-refractivity contribution in [3.05, 3.63) is 0 Å². The molecule has 0 aromatic carbocycles. The van der Waals surface area contributed by atoms with Crippen LogP contribution < -0.4 is 0 Å². The molecule has 1 aliphatic heterocycles. The molecular formula is C12H21NO6S. The summed E-state index contributed by atoms with van der Waals surface area (Å²) in [5, 5.41) is 0. The molecule has 0 bridgehead atoms. The summed E-state index contributed by atoms with van der Waals surface area (Å²) < 4.78 is 34.8. The van der Waals surface area contributed by atoms with Crippen molar-refractivity contribution in [3.63, 3.8) is 0 Å². The minimum Gasteiger partial charge on any atom is -0.466 e. The van der Waals surface area contributed by atoms with Crippen LogP contribution in [0.3, 0.4) is 0 Å². The zero-order valence-corrected chi connectivity index (χ0v) is 12.6. The summed E-state index contributed by atoms with van der Waals surface area (Å²) in [7, 11) is -3.66. The third kappa shape index (κ3) is 4.75. The fourth-order valence-corrected chi connectivity index (χ4v) is 3.40. The van der Waals surface area contributed by atoms with Gasteiger partial charge >= 0.3 is 11.9 Å². The van der Waals surface area contributed by atoms with Gasteiger partial charge in [-0.2, -0.15) is 0 Å². The van der Waals surface area contributed by atoms with E-state index in [9.17, 15) is 18.0 Å². The van der Waals surface area contributed by atoms with Gasteiger partial charge in [-0.25, -0.2) is 12.7 Å². The second-order valence-electron chi connectivity index (χ2n) is 4.49. The van der Waals surface area contributed by atoms with E-state index in [1.54, 1.807) is 13.8 Å². The molecule has 0 N–H and O–H groups in total. The molecule has 0 amide bonds. The van der Waals surface area contributed by atoms with Crippen LogP contribution in [0, 0.1) is 5.92 Å². The van der Waals surface area contributed by atoms with Crippen molar-refractivity contribution in [3.8, 4) is 0 Å². The van der Waals surface area contributed by atoms with Gasteiger partial charge in [-0.15, -0.1) is 0 Å². The fourth-order valence-electron chi connectivity index (χ4n) is 2.07. The van der Waals surface area contributed by atoms with Crippen molar-refractivity contribution >= 4 is 22.0 Å². The van der Waals surface area contributed by atoms with E-state index < -0.39 is 21.7 Å². The number of carbonyl (C=O) groups excluding carboxylic acids is 2. The molecule has 0 aromatic heterocycles. The highest BCUT2D eigenvalue weighted by Gasteiger charge is 2.33. The van der Waals surface area contributed by atoms with Gasteiger partial charge in [0.2, 0.25) is 10.0 Å². The number of esters is 2. The number of hydrogen-bond acceptors (Lipinski definition) is 6. The summed E-state index contributed by atoms with van der Waals surface area (Å²) in [5.74, 6) is -1.94. The standard InChI is InChI=1S/C12H21NO6S/c1-3-18-11(14)9-20(16,17)13-7-5-10(6-8-13)12(15)19-4-2/h10H,3-9H2,1-2H3. The fraction of sp³-hybridized carbons (Fsp3) is 0.833. The predicted molar refractivity (Wildman–Crippen MR) is 71.3 cm³/mol. The minimum absolute atomic E-state index is 0.152. The topological polar surface area (TPSA) is 90.0 Å². The number of sulfonamides is 1. The molecule has 0 saturated carbocycles. The highest BCUT2D eigenvalue weighted by molar-refractivity contribution is 7.89. The van der Waals surface area contributed by atoms with Gasteiger partial charge in [0.25, 0.3) is 0 Å². The average molecular weight is 307 g/mol. The number of rotatable bonds is 6. The number of hydrogen-bond donors (Lipinski definition) is 0. The second-order valence-corrected chi connectivity index (χ2v) is 6.46. The lowest BCUT2D eigenvalue weighted by molar-refractivity contribution is -0.149. The Morgan fingerprint density at radius 2 is 1.65 bits per heavy atom. The third-order valence-electron chi connectivity index (χ3n) is 3.07. The van der Waals surface area contributed by atoms with E-state index in [2.05, 4.69) is 4.74 Å². The number of piperidine rings is 1. The van der Waals surface area contributed by atoms with E-state index in [0.717, 1.165) is 0 Å². The zero-order valence-electron chi connectivity index (χ0n) is 11.8. The Kier molecular flexibility index (Phi) is 6.41. The van der Waals surface area contributed by atoms with Crippen LogP contribution in [-0.4, -0.2) is 56.7 Å². The van der Waals surface area contributed by atoms with Crippen molar-refractivity contribution < 1.29 is 27.5 Å². The van der Waals surface area contributed by atoms with Gasteiger partial charge < -0.3 is 9.47 Å². The first kappa shape index (κ1) is 16.9. The Labute approximate surface area is 119 Å². The monoisotopic (exact) mass is 307 g/mol. The lowest BCUT2D eigenvalue weighted by atomic mass is 9.98. The lowest BCUT2D eigenvalue weighted by Crippen LogP contribution is -2.43. The Balaban J connectivity index is 2.51. The summed E-state index contributed by atoms with van der Waals surface area (Å²) in [5.41, 5.74) is 0. The maximum absolute atomic E-state index is 12.0. The maximum Gasteiger partial charge on any atom is 0.322 e. The Bertz CT molecular complexity index is 439. The van der Waals surface area contributed by atoms with E-state index in [-0.39, 0.29) is 31.6 Å². The molecule has 1 heterocycles. The van der Waals surface area contributed by atoms with E-state index in [1.165, 1.54) is 4.31 Å². The first-order valence-corrected chi connectivity index (χ1v) is 8.31. The number of carbonyl (C=O) groups is 2. The molecule has 1 rings (SSSR count). The van der Waals surface area contributed by atoms with E-state index in [1.807, 2.05) is 0 Å². The van der Waals surface area contributed by atoms with E-state index in [4.69, 9.17) is 4.74 Å². The van der Waals surface area contributed by atoms with Gasteiger partial charge in [0.1, 0.15) is 0 Å². The predicted octanol–water partition coefficient (Wildman–Crippen LogP) is 0.154. The van der Waals surface area contributed by atoms with Crippen molar-refractivity contribution in [2.24, 2.45) is 5.92 Å². The Morgan fingerprint density at radius 3 is 2.15 bits per heavy atom. The Morgan fingerprint density at radius 1 is 1.10 bits per heavy atom. The molecule has 0 radical (unpaired) electrons. The normalized spacial score (nSPS) is 17.7. The van der Waals surface area contributed by atoms with Crippen LogP contribution >= 0.6 is 0 Å². The van der Waals surface area contributed by atoms with Crippen molar-refractivity contribution in [1.29, 1.82) is 0 Å². The van der Waals surface area contributed by atoms with Gasteiger partial charge in [-0.3, -0.25) is 9.59 Å². The van der Waals surface area contributed by atoms with Crippen LogP contribution in [0.2, 0.25) is 0 Å². The highest BCUT2D eigenvalue weighted by Crippen LogP contribution is 2.21. The summed E-state index contributed by atoms with van der Waals surface area (Å²) in [6.45, 7) is 4.28. The smallest absolute Gasteiger partial charge is 0.322 e. The summed E-state index contributed by atoms with van der Waals surface area (Å²) in [6, 6.07) is 0. The largest absolute Gasteiger partial charge is 0.466 e. The van der Waals surface area contributed by atoms with Crippen molar-refractivity contribution in [2.75, 3.05) is 32.1 Å². The quantitative estimate of drug-likeness (QED) is 0.649. The average Bonchev–Trinajstić information content (AvgIpc) is 2.39. The molecular weight excluding hydrogens is 286 g/mol. The molecule has 1 aliphatic rings. The van der Waals surface area contributed by atoms with Crippen LogP contribution in [0.15, 0.2) is 0 Å². The van der Waals surface area contributed by atoms with Crippen LogP contribution in [0.4, 0.5) is 0 Å². The summed E-state index contributed by atoms with van der Waals surface area (Å²) >= 11 is 0. The van der Waals surface area contributed by atoms with Crippen LogP contribution in [0.1, 0.15) is 26.7 Å². The van der Waals surface area contributed by atoms with Gasteiger partial charge in [0, 0.05) is 13.1 Å². The molecule has 8 heteroatoms. The Hall–Kier alpha value is -1.15. The summed E-state index contributed by atoms with van der Waals surface area (Å²) in [4.78, 5) is 22.8. The summed E-state index contributed by atoms with van der Waals surface area (Å²) in [6.07, 6.45) is 0.835. The molecule has 1 fully saturated rings. The minimum atomic E-state index is -3.66. The van der Waals surface area contributed by atoms with Crippen LogP contribution in [0.25, 0.3) is 0 Å². The van der Waals surface area contributed by atoms with Crippen molar-refractivity contribution in [1.82, 2.24) is 4.31 Å². The van der Waals surface area contributed by atoms with Gasteiger partial charge in [0.05, 0.1) is 19.1 Å². The van der Waals surface area contributed by atoms with Gasteiger partial charge in [-0.05, 0) is 26.7 Å². The second kappa shape index (κ2) is 7.58. The van der Waals surface area contributed by atoms with Crippen LogP contribution in [0.5, 0.6) is 0 Å². The molecule has 0 aliphatic carbocycles. The van der Waals surface area contributed by atoms with Crippen LogP contribution in [-0.2, 0) is 29.1 Å². The molecule has 0 atom stereocenters. The van der Waals surface area contributed by atoms with Gasteiger partial charge in [0.15, 0.2) is 5.75 Å². The van der Waals surface area contributed by atoms with E-state index >= 15 is 0 Å². The molecule has 0 spiro atoms. The number of ether oxygens (including phenoxy) is 2. The molecule has 1 saturated heterocycles. The van der Waals surface area contributed by atoms with Gasteiger partial charge in [-0.1, -0.05) is 0 Å². The molecule has 20 heavy (non-hydrogen) atoms. The SMILES string of the molecule is CCOC(=O)CS(=O)(=O)N1CCC(C(=O)OCC)CC1. The highest BCUT2D eigenvalue weighted by atomic mass is 32.2. The number of nitrogens with zero attached hydrogens (tertiary/aromatic N) is 1. The first-order chi connectivity index (χ1) is 9.40. The third-order valence-corrected chi connectivity index (χ3v) is 4.83. The molecule has 116 valence electrons. The zero-order chi connectivity index (χ0) is 15.2. The van der Waals surface area contributed by atoms with Crippen molar-refractivity contribution in [2.45, 2.75) is 26.7 Å². The van der Waals surface area contributed by atoms with E-state index in [0.29, 0.717) is 19.4 Å². The molecule has 0 unspecified atom stereocenters.